The van der Waals surface area contributed by atoms with Crippen LogP contribution in [0.2, 0.25) is 0 Å². The Morgan fingerprint density at radius 3 is 1.07 bits per heavy atom. The Morgan fingerprint density at radius 2 is 0.592 bits per heavy atom. The first-order valence-corrected chi connectivity index (χ1v) is 33.5. The molecule has 18 rings (SSSR count). The van der Waals surface area contributed by atoms with Crippen LogP contribution in [0.15, 0.2) is 328 Å². The molecule has 6 nitrogen and oxygen atoms in total. The lowest BCUT2D eigenvalue weighted by atomic mass is 9.80. The predicted molar refractivity (Wildman–Crippen MR) is 404 cm³/mol. The van der Waals surface area contributed by atoms with E-state index >= 15 is 0 Å². The average Bonchev–Trinajstić information content (AvgIpc) is 1.57. The molecule has 0 fully saturated rings. The van der Waals surface area contributed by atoms with Gasteiger partial charge in [0.25, 0.3) is 0 Å². The monoisotopic (exact) mass is 1250 g/mol. The molecule has 0 unspecified atom stereocenters. The van der Waals surface area contributed by atoms with Crippen molar-refractivity contribution in [2.75, 3.05) is 0 Å². The van der Waals surface area contributed by atoms with Gasteiger partial charge in [0.1, 0.15) is 0 Å². The lowest BCUT2D eigenvalue weighted by molar-refractivity contribution is 0.661. The van der Waals surface area contributed by atoms with Gasteiger partial charge in [0, 0.05) is 69.0 Å². The fourth-order valence-corrected chi connectivity index (χ4v) is 14.8. The minimum absolute atomic E-state index is 0.0443. The second kappa shape index (κ2) is 24.4. The highest BCUT2D eigenvalue weighted by Crippen LogP contribution is 2.54. The van der Waals surface area contributed by atoms with E-state index in [9.17, 15) is 0 Å². The average molecular weight is 1260 g/mol. The molecule has 98 heavy (non-hydrogen) atoms. The number of hydrogen-bond donors (Lipinski definition) is 0. The first-order chi connectivity index (χ1) is 48.1. The van der Waals surface area contributed by atoms with E-state index in [1.165, 1.54) is 88.3 Å². The molecule has 4 heterocycles. The summed E-state index contributed by atoms with van der Waals surface area (Å²) in [5.41, 5.74) is 29.8. The third kappa shape index (κ3) is 10.8. The van der Waals surface area contributed by atoms with Crippen molar-refractivity contribution in [3.63, 3.8) is 0 Å². The molecule has 0 saturated heterocycles. The van der Waals surface area contributed by atoms with Crippen molar-refractivity contribution in [2.45, 2.75) is 38.5 Å². The number of pyridine rings is 2. The van der Waals surface area contributed by atoms with Crippen LogP contribution in [-0.2, 0) is 10.8 Å². The Hall–Kier alpha value is -12.4. The van der Waals surface area contributed by atoms with Crippen molar-refractivity contribution >= 4 is 21.5 Å². The molecule has 0 saturated carbocycles. The highest BCUT2D eigenvalue weighted by molar-refractivity contribution is 6.03. The Bertz CT molecular complexity index is 5680. The van der Waals surface area contributed by atoms with Gasteiger partial charge in [0.2, 0.25) is 0 Å². The van der Waals surface area contributed by atoms with E-state index in [0.717, 1.165) is 78.4 Å². The van der Waals surface area contributed by atoms with Crippen LogP contribution in [0.5, 0.6) is 0 Å². The first kappa shape index (κ1) is 59.4. The normalized spacial score (nSPS) is 12.9. The molecule has 0 radical (unpaired) electrons. The van der Waals surface area contributed by atoms with Gasteiger partial charge < -0.3 is 0 Å². The van der Waals surface area contributed by atoms with Gasteiger partial charge in [0.15, 0.2) is 11.6 Å². The largest absolute Gasteiger partial charge is 0.264 e. The SMILES string of the molecule is CC1(C)c2ccc(-c3ccc(-c4cc(-c5ccccc5)nc(-c5ccc(-c6cccnc6)cc5)n4)cc3)cc2-c2c1ccc1ccccc21.CC1(C)c2ccc(-c3ccc(-c4cc(-c5ccccc5)nc(-c5ccc(-c6cccnc6)cc5)n4)cc3)cc2-c2ccc3ccccc3c21. The van der Waals surface area contributed by atoms with E-state index in [1.54, 1.807) is 12.4 Å². The highest BCUT2D eigenvalue weighted by atomic mass is 14.9. The maximum atomic E-state index is 5.10. The summed E-state index contributed by atoms with van der Waals surface area (Å²) in [6, 6.07) is 108. The molecule has 6 heteroatoms. The molecule has 4 aromatic heterocycles. The van der Waals surface area contributed by atoms with Crippen molar-refractivity contribution < 1.29 is 0 Å². The van der Waals surface area contributed by atoms with Crippen LogP contribution in [-0.4, -0.2) is 29.9 Å². The van der Waals surface area contributed by atoms with Crippen LogP contribution in [0.4, 0.5) is 0 Å². The van der Waals surface area contributed by atoms with Crippen molar-refractivity contribution in [1.82, 2.24) is 29.9 Å². The lowest BCUT2D eigenvalue weighted by Gasteiger charge is -2.23. The van der Waals surface area contributed by atoms with Gasteiger partial charge in [-0.25, -0.2) is 19.9 Å². The first-order valence-electron chi connectivity index (χ1n) is 33.5. The quantitative estimate of drug-likeness (QED) is 0.136. The number of fused-ring (bicyclic) bond motifs is 10. The predicted octanol–water partition coefficient (Wildman–Crippen LogP) is 23.3. The Balaban J connectivity index is 0.000000147. The zero-order valence-corrected chi connectivity index (χ0v) is 54.9. The maximum Gasteiger partial charge on any atom is 0.160 e. The van der Waals surface area contributed by atoms with Gasteiger partial charge in [-0.3, -0.25) is 9.97 Å². The van der Waals surface area contributed by atoms with E-state index in [0.29, 0.717) is 11.6 Å². The van der Waals surface area contributed by atoms with Crippen LogP contribution in [0.3, 0.4) is 0 Å². The smallest absolute Gasteiger partial charge is 0.160 e. The third-order valence-electron chi connectivity index (χ3n) is 20.0. The second-order valence-corrected chi connectivity index (χ2v) is 26.6. The minimum atomic E-state index is -0.0613. The lowest BCUT2D eigenvalue weighted by Crippen LogP contribution is -2.15. The van der Waals surface area contributed by atoms with Gasteiger partial charge in [-0.15, -0.1) is 0 Å². The number of benzene rings is 12. The molecule has 2 aliphatic carbocycles. The van der Waals surface area contributed by atoms with Crippen molar-refractivity contribution in [2.24, 2.45) is 0 Å². The van der Waals surface area contributed by atoms with Crippen LogP contribution >= 0.6 is 0 Å². The van der Waals surface area contributed by atoms with Gasteiger partial charge in [-0.05, 0) is 147 Å². The van der Waals surface area contributed by atoms with Crippen LogP contribution in [0.25, 0.3) is 156 Å². The summed E-state index contributed by atoms with van der Waals surface area (Å²) in [6.45, 7) is 9.40. The van der Waals surface area contributed by atoms with E-state index in [-0.39, 0.29) is 10.8 Å². The van der Waals surface area contributed by atoms with Gasteiger partial charge in [-0.1, -0.05) is 295 Å². The zero-order valence-electron chi connectivity index (χ0n) is 54.9. The molecule has 464 valence electrons. The number of rotatable bonds is 10. The summed E-state index contributed by atoms with van der Waals surface area (Å²) in [5, 5.41) is 5.24. The van der Waals surface area contributed by atoms with Crippen molar-refractivity contribution in [3.05, 3.63) is 350 Å². The molecular formula is C92H66N6. The van der Waals surface area contributed by atoms with Crippen LogP contribution in [0.1, 0.15) is 49.9 Å². The van der Waals surface area contributed by atoms with E-state index < -0.39 is 0 Å². The van der Waals surface area contributed by atoms with E-state index in [1.807, 2.05) is 60.9 Å². The Labute approximate surface area is 571 Å². The summed E-state index contributed by atoms with van der Waals surface area (Å²) < 4.78 is 0. The van der Waals surface area contributed by atoms with Gasteiger partial charge in [0.05, 0.1) is 22.8 Å². The molecule has 0 atom stereocenters. The molecule has 0 N–H and O–H groups in total. The highest BCUT2D eigenvalue weighted by Gasteiger charge is 2.38. The standard InChI is InChI=1S/2C46H33N3/c1-46(2)40-24-23-36(27-39(40)44-38-13-7-6-9-32(38)22-25-41(44)46)30-14-18-34(19-15-30)43-28-42(33-10-4-3-5-11-33)48-45(49-43)35-20-16-31(17-21-35)37-12-8-26-47-29-37;1-46(2)41-25-23-36(27-40(41)39-24-22-32-9-6-7-13-38(32)44(39)46)30-14-18-34(19-15-30)43-28-42(33-10-4-3-5-11-33)48-45(49-43)35-20-16-31(17-21-35)37-12-8-26-47-29-37/h2*3-29H,1-2H3. The Morgan fingerprint density at radius 1 is 0.235 bits per heavy atom. The molecular weight excluding hydrogens is 1190 g/mol. The van der Waals surface area contributed by atoms with Crippen LogP contribution in [0, 0.1) is 0 Å². The number of nitrogens with zero attached hydrogens (tertiary/aromatic N) is 6. The summed E-state index contributed by atoms with van der Waals surface area (Å²) in [6.07, 6.45) is 7.35. The molecule has 0 aliphatic heterocycles. The number of hydrogen-bond acceptors (Lipinski definition) is 6. The van der Waals surface area contributed by atoms with Crippen LogP contribution < -0.4 is 0 Å². The zero-order chi connectivity index (χ0) is 65.9. The molecule has 12 aromatic carbocycles. The topological polar surface area (TPSA) is 77.3 Å². The minimum Gasteiger partial charge on any atom is -0.264 e. The van der Waals surface area contributed by atoms with Gasteiger partial charge >= 0.3 is 0 Å². The molecule has 2 aliphatic rings. The molecule has 16 aromatic rings. The fraction of sp³-hybridized carbons (Fsp3) is 0.0652. The summed E-state index contributed by atoms with van der Waals surface area (Å²) in [4.78, 5) is 28.8. The van der Waals surface area contributed by atoms with Crippen molar-refractivity contribution in [3.8, 4) is 135 Å². The molecule has 0 bridgehead atoms. The van der Waals surface area contributed by atoms with E-state index in [2.05, 4.69) is 292 Å². The van der Waals surface area contributed by atoms with Crippen molar-refractivity contribution in [1.29, 1.82) is 0 Å². The second-order valence-electron chi connectivity index (χ2n) is 26.6. The third-order valence-corrected chi connectivity index (χ3v) is 20.0. The Kier molecular flexibility index (Phi) is 14.8. The maximum absolute atomic E-state index is 5.10. The molecule has 0 amide bonds. The van der Waals surface area contributed by atoms with E-state index in [4.69, 9.17) is 19.9 Å². The number of aromatic nitrogens is 6. The van der Waals surface area contributed by atoms with Gasteiger partial charge in [-0.2, -0.15) is 0 Å². The summed E-state index contributed by atoms with van der Waals surface area (Å²) in [5.74, 6) is 1.40. The summed E-state index contributed by atoms with van der Waals surface area (Å²) >= 11 is 0. The molecule has 0 spiro atoms. The fourth-order valence-electron chi connectivity index (χ4n) is 14.8. The summed E-state index contributed by atoms with van der Waals surface area (Å²) in [7, 11) is 0.